The maximum Gasteiger partial charge on any atom is 0.414 e. The van der Waals surface area contributed by atoms with Crippen LogP contribution >= 0.6 is 0 Å². The number of nitrogens with one attached hydrogen (secondary N) is 1. The molecule has 1 aromatic carbocycles. The number of rotatable bonds is 6. The van der Waals surface area contributed by atoms with Gasteiger partial charge in [-0.05, 0) is 31.0 Å². The average Bonchev–Trinajstić information content (AvgIpc) is 2.90. The molecule has 1 N–H and O–H groups in total. The molecule has 2 fully saturated rings. The predicted octanol–water partition coefficient (Wildman–Crippen LogP) is 2.03. The molecule has 0 aliphatic carbocycles. The molecule has 9 heteroatoms. The van der Waals surface area contributed by atoms with Crippen LogP contribution in [0.25, 0.3) is 0 Å². The molecule has 3 rings (SSSR count). The number of carbonyl (C=O) groups is 2. The van der Waals surface area contributed by atoms with Gasteiger partial charge in [-0.2, -0.15) is 0 Å². The first-order valence-electron chi connectivity index (χ1n) is 9.62. The van der Waals surface area contributed by atoms with E-state index >= 15 is 0 Å². The first-order chi connectivity index (χ1) is 13.5. The van der Waals surface area contributed by atoms with Crippen LogP contribution in [0, 0.1) is 5.82 Å². The summed E-state index contributed by atoms with van der Waals surface area (Å²) in [4.78, 5) is 27.0. The Bertz CT molecular complexity index is 761. The molecule has 7 nitrogen and oxygen atoms in total. The van der Waals surface area contributed by atoms with Gasteiger partial charge >= 0.3 is 6.09 Å². The summed E-state index contributed by atoms with van der Waals surface area (Å²) in [6.45, 7) is 3.63. The highest BCUT2D eigenvalue weighted by Gasteiger charge is 2.33. The van der Waals surface area contributed by atoms with Crippen molar-refractivity contribution in [2.24, 2.45) is 0 Å². The standard InChI is InChI=1S/C19H26FN3O4S/c1-2-4-18(24)21-12-15-13-23(19(25)27-15)14-5-6-17(16(20)11-14)22-7-3-9-28(26)10-8-22/h5-6,11,15H,2-4,7-10,12-13H2,1H3,(H,21,24). The monoisotopic (exact) mass is 411 g/mol. The highest BCUT2D eigenvalue weighted by Crippen LogP contribution is 2.28. The van der Waals surface area contributed by atoms with Crippen molar-refractivity contribution in [3.8, 4) is 0 Å². The lowest BCUT2D eigenvalue weighted by atomic mass is 10.2. The molecule has 2 unspecified atom stereocenters. The van der Waals surface area contributed by atoms with Gasteiger partial charge < -0.3 is 15.0 Å². The summed E-state index contributed by atoms with van der Waals surface area (Å²) < 4.78 is 31.7. The summed E-state index contributed by atoms with van der Waals surface area (Å²) in [5, 5.41) is 2.74. The number of hydrogen-bond acceptors (Lipinski definition) is 5. The van der Waals surface area contributed by atoms with E-state index < -0.39 is 28.8 Å². The van der Waals surface area contributed by atoms with E-state index in [-0.39, 0.29) is 19.0 Å². The number of nitrogens with zero attached hydrogens (tertiary/aromatic N) is 2. The molecule has 1 aromatic rings. The summed E-state index contributed by atoms with van der Waals surface area (Å²) in [5.41, 5.74) is 0.880. The smallest absolute Gasteiger partial charge is 0.414 e. The molecule has 0 aromatic heterocycles. The number of carbonyl (C=O) groups excluding carboxylic acids is 2. The number of anilines is 2. The number of hydrogen-bond donors (Lipinski definition) is 1. The van der Waals surface area contributed by atoms with Gasteiger partial charge in [0.05, 0.1) is 24.5 Å². The van der Waals surface area contributed by atoms with Gasteiger partial charge in [0.2, 0.25) is 5.91 Å². The Kier molecular flexibility index (Phi) is 6.88. The summed E-state index contributed by atoms with van der Waals surface area (Å²) in [6, 6.07) is 4.68. The molecule has 2 atom stereocenters. The molecule has 0 bridgehead atoms. The Hall–Kier alpha value is -2.16. The van der Waals surface area contributed by atoms with E-state index in [0.29, 0.717) is 42.4 Å². The van der Waals surface area contributed by atoms with Gasteiger partial charge in [0.1, 0.15) is 11.9 Å². The molecular weight excluding hydrogens is 385 g/mol. The second kappa shape index (κ2) is 9.36. The first-order valence-corrected chi connectivity index (χ1v) is 11.1. The van der Waals surface area contributed by atoms with Crippen molar-refractivity contribution in [1.29, 1.82) is 0 Å². The summed E-state index contributed by atoms with van der Waals surface area (Å²) in [7, 11) is -0.844. The van der Waals surface area contributed by atoms with Crippen LogP contribution in [-0.4, -0.2) is 60.0 Å². The lowest BCUT2D eigenvalue weighted by Gasteiger charge is -2.24. The SMILES string of the molecule is CCCC(=O)NCC1CN(c2ccc(N3CCCS(=O)CC3)c(F)c2)C(=O)O1. The van der Waals surface area contributed by atoms with E-state index in [2.05, 4.69) is 5.32 Å². The van der Waals surface area contributed by atoms with Crippen LogP contribution in [0.4, 0.5) is 20.6 Å². The Morgan fingerprint density at radius 1 is 1.36 bits per heavy atom. The van der Waals surface area contributed by atoms with Gasteiger partial charge in [-0.15, -0.1) is 0 Å². The summed E-state index contributed by atoms with van der Waals surface area (Å²) in [6.07, 6.45) is 0.934. The molecule has 2 saturated heterocycles. The Morgan fingerprint density at radius 3 is 2.93 bits per heavy atom. The number of ether oxygens (including phenoxy) is 1. The zero-order valence-corrected chi connectivity index (χ0v) is 16.8. The van der Waals surface area contributed by atoms with Crippen molar-refractivity contribution in [3.05, 3.63) is 24.0 Å². The largest absolute Gasteiger partial charge is 0.442 e. The third-order valence-electron chi connectivity index (χ3n) is 4.85. The third kappa shape index (κ3) is 5.01. The van der Waals surface area contributed by atoms with Gasteiger partial charge in [0.15, 0.2) is 0 Å². The molecular formula is C19H26FN3O4S. The van der Waals surface area contributed by atoms with Gasteiger partial charge in [-0.3, -0.25) is 13.9 Å². The fourth-order valence-electron chi connectivity index (χ4n) is 3.39. The normalized spacial score (nSPS) is 22.7. The van der Waals surface area contributed by atoms with E-state index in [1.54, 1.807) is 12.1 Å². The zero-order chi connectivity index (χ0) is 20.1. The maximum absolute atomic E-state index is 14.7. The molecule has 2 amide bonds. The third-order valence-corrected chi connectivity index (χ3v) is 6.23. The first kappa shape index (κ1) is 20.6. The molecule has 2 aliphatic heterocycles. The quantitative estimate of drug-likeness (QED) is 0.775. The van der Waals surface area contributed by atoms with Crippen LogP contribution < -0.4 is 15.1 Å². The van der Waals surface area contributed by atoms with Crippen LogP contribution in [-0.2, 0) is 20.3 Å². The van der Waals surface area contributed by atoms with Gasteiger partial charge in [0, 0.05) is 41.8 Å². The Morgan fingerprint density at radius 2 is 2.18 bits per heavy atom. The van der Waals surface area contributed by atoms with E-state index in [4.69, 9.17) is 4.74 Å². The van der Waals surface area contributed by atoms with Crippen molar-refractivity contribution >= 4 is 34.2 Å². The lowest BCUT2D eigenvalue weighted by Crippen LogP contribution is -2.34. The summed E-state index contributed by atoms with van der Waals surface area (Å²) >= 11 is 0. The van der Waals surface area contributed by atoms with Crippen LogP contribution in [0.1, 0.15) is 26.2 Å². The predicted molar refractivity (Wildman–Crippen MR) is 107 cm³/mol. The molecule has 0 saturated carbocycles. The van der Waals surface area contributed by atoms with Crippen molar-refractivity contribution in [3.63, 3.8) is 0 Å². The van der Waals surface area contributed by atoms with E-state index in [9.17, 15) is 18.2 Å². The molecule has 0 radical (unpaired) electrons. The fraction of sp³-hybridized carbons (Fsp3) is 0.579. The highest BCUT2D eigenvalue weighted by molar-refractivity contribution is 7.85. The van der Waals surface area contributed by atoms with Gasteiger partial charge in [0.25, 0.3) is 0 Å². The molecule has 2 aliphatic rings. The second-order valence-electron chi connectivity index (χ2n) is 6.99. The minimum absolute atomic E-state index is 0.0780. The van der Waals surface area contributed by atoms with Crippen LogP contribution in [0.2, 0.25) is 0 Å². The Labute approximate surface area is 166 Å². The average molecular weight is 411 g/mol. The number of halogens is 1. The lowest BCUT2D eigenvalue weighted by molar-refractivity contribution is -0.121. The minimum Gasteiger partial charge on any atom is -0.442 e. The minimum atomic E-state index is -0.844. The maximum atomic E-state index is 14.7. The fourth-order valence-corrected chi connectivity index (χ4v) is 4.46. The molecule has 0 spiro atoms. The number of cyclic esters (lactones) is 1. The highest BCUT2D eigenvalue weighted by atomic mass is 32.2. The summed E-state index contributed by atoms with van der Waals surface area (Å²) in [5.74, 6) is 0.681. The second-order valence-corrected chi connectivity index (χ2v) is 8.69. The van der Waals surface area contributed by atoms with Gasteiger partial charge in [-0.25, -0.2) is 9.18 Å². The van der Waals surface area contributed by atoms with Gasteiger partial charge in [-0.1, -0.05) is 6.92 Å². The van der Waals surface area contributed by atoms with Crippen LogP contribution in [0.15, 0.2) is 18.2 Å². The number of amides is 2. The Balaban J connectivity index is 1.64. The molecule has 154 valence electrons. The van der Waals surface area contributed by atoms with Crippen LogP contribution in [0.5, 0.6) is 0 Å². The van der Waals surface area contributed by atoms with Crippen molar-refractivity contribution in [1.82, 2.24) is 5.32 Å². The molecule has 2 heterocycles. The topological polar surface area (TPSA) is 79.0 Å². The van der Waals surface area contributed by atoms with E-state index in [1.165, 1.54) is 11.0 Å². The zero-order valence-electron chi connectivity index (χ0n) is 16.0. The van der Waals surface area contributed by atoms with Crippen molar-refractivity contribution in [2.45, 2.75) is 32.3 Å². The van der Waals surface area contributed by atoms with Crippen molar-refractivity contribution in [2.75, 3.05) is 47.5 Å². The number of benzene rings is 1. The van der Waals surface area contributed by atoms with Crippen LogP contribution in [0.3, 0.4) is 0 Å². The van der Waals surface area contributed by atoms with E-state index in [1.807, 2.05) is 11.8 Å². The van der Waals surface area contributed by atoms with Crippen molar-refractivity contribution < 1.29 is 22.9 Å². The molecule has 28 heavy (non-hydrogen) atoms. The van der Waals surface area contributed by atoms with E-state index in [0.717, 1.165) is 12.8 Å².